The summed E-state index contributed by atoms with van der Waals surface area (Å²) in [6.45, 7) is 4.76. The average Bonchev–Trinajstić information content (AvgIpc) is 3.20. The summed E-state index contributed by atoms with van der Waals surface area (Å²) in [5.41, 5.74) is 0.743. The molecule has 0 aliphatic carbocycles. The number of benzene rings is 1. The number of hydrogen-bond acceptors (Lipinski definition) is 6. The molecule has 1 aliphatic rings. The molecule has 0 radical (unpaired) electrons. The van der Waals surface area contributed by atoms with Crippen molar-refractivity contribution in [2.24, 2.45) is 0 Å². The highest BCUT2D eigenvalue weighted by molar-refractivity contribution is 7.89. The first kappa shape index (κ1) is 21.3. The zero-order valence-corrected chi connectivity index (χ0v) is 16.5. The molecule has 1 saturated heterocycles. The topological polar surface area (TPSA) is 102 Å². The molecule has 1 amide bonds. The maximum Gasteiger partial charge on any atom is 0.335 e. The van der Waals surface area contributed by atoms with Gasteiger partial charge in [0, 0.05) is 26.2 Å². The first-order valence-electron chi connectivity index (χ1n) is 9.02. The molecular formula is C18H26N2O6S. The van der Waals surface area contributed by atoms with E-state index in [0.29, 0.717) is 26.1 Å². The highest BCUT2D eigenvalue weighted by Crippen LogP contribution is 2.16. The Labute approximate surface area is 159 Å². The molecule has 9 heteroatoms. The largest absolute Gasteiger partial charge is 0.454 e. The van der Waals surface area contributed by atoms with E-state index in [1.54, 1.807) is 26.0 Å². The van der Waals surface area contributed by atoms with Crippen LogP contribution in [-0.4, -0.2) is 57.0 Å². The highest BCUT2D eigenvalue weighted by atomic mass is 32.2. The summed E-state index contributed by atoms with van der Waals surface area (Å²) in [5, 5.41) is 2.63. The van der Waals surface area contributed by atoms with E-state index in [1.165, 1.54) is 16.4 Å². The van der Waals surface area contributed by atoms with Gasteiger partial charge in [-0.3, -0.25) is 4.79 Å². The fourth-order valence-electron chi connectivity index (χ4n) is 2.74. The first-order valence-corrected chi connectivity index (χ1v) is 10.5. The summed E-state index contributed by atoms with van der Waals surface area (Å²) >= 11 is 0. The molecule has 1 aliphatic heterocycles. The zero-order valence-electron chi connectivity index (χ0n) is 15.6. The number of esters is 1. The predicted octanol–water partition coefficient (Wildman–Crippen LogP) is 1.06. The Hall–Kier alpha value is -1.97. The maximum atomic E-state index is 12.4. The van der Waals surface area contributed by atoms with Crippen LogP contribution in [0.25, 0.3) is 0 Å². The summed E-state index contributed by atoms with van der Waals surface area (Å²) in [6, 6.07) is 6.34. The molecule has 0 bridgehead atoms. The van der Waals surface area contributed by atoms with E-state index in [2.05, 4.69) is 5.32 Å². The van der Waals surface area contributed by atoms with Crippen LogP contribution in [0.15, 0.2) is 29.2 Å². The number of carbonyl (C=O) groups excluding carboxylic acids is 2. The molecule has 1 heterocycles. The van der Waals surface area contributed by atoms with E-state index >= 15 is 0 Å². The van der Waals surface area contributed by atoms with E-state index in [0.717, 1.165) is 12.0 Å². The monoisotopic (exact) mass is 398 g/mol. The van der Waals surface area contributed by atoms with Gasteiger partial charge >= 0.3 is 5.97 Å². The second-order valence-electron chi connectivity index (χ2n) is 6.12. The quantitative estimate of drug-likeness (QED) is 0.624. The average molecular weight is 398 g/mol. The van der Waals surface area contributed by atoms with Gasteiger partial charge in [0.05, 0.1) is 4.90 Å². The van der Waals surface area contributed by atoms with Crippen molar-refractivity contribution in [3.05, 3.63) is 29.8 Å². The summed E-state index contributed by atoms with van der Waals surface area (Å²) in [6.07, 6.45) is 0.855. The van der Waals surface area contributed by atoms with Crippen LogP contribution in [-0.2, 0) is 35.6 Å². The number of sulfonamides is 1. The maximum absolute atomic E-state index is 12.4. The lowest BCUT2D eigenvalue weighted by Crippen LogP contribution is -2.31. The van der Waals surface area contributed by atoms with Crippen LogP contribution in [0, 0.1) is 0 Å². The van der Waals surface area contributed by atoms with Crippen molar-refractivity contribution in [1.29, 1.82) is 0 Å². The molecule has 1 fully saturated rings. The minimum Gasteiger partial charge on any atom is -0.454 e. The van der Waals surface area contributed by atoms with Gasteiger partial charge in [-0.2, -0.15) is 4.31 Å². The van der Waals surface area contributed by atoms with Crippen LogP contribution in [0.2, 0.25) is 0 Å². The van der Waals surface area contributed by atoms with E-state index in [4.69, 9.17) is 9.47 Å². The Morgan fingerprint density at radius 2 is 1.89 bits per heavy atom. The standard InChI is InChI=1S/C18H26N2O6S/c1-3-20(4-2)27(23,24)15-9-7-14(8-10-15)12-19-17(21)13-26-18(22)16-6-5-11-25-16/h7-10,16H,3-6,11-13H2,1-2H3,(H,19,21)/t16-/m0/s1. The molecule has 150 valence electrons. The molecule has 2 rings (SSSR count). The van der Waals surface area contributed by atoms with Crippen molar-refractivity contribution >= 4 is 21.9 Å². The van der Waals surface area contributed by atoms with Gasteiger partial charge in [0.2, 0.25) is 10.0 Å². The van der Waals surface area contributed by atoms with Crippen molar-refractivity contribution in [3.63, 3.8) is 0 Å². The normalized spacial score (nSPS) is 17.1. The lowest BCUT2D eigenvalue weighted by atomic mass is 10.2. The van der Waals surface area contributed by atoms with Gasteiger partial charge in [-0.1, -0.05) is 26.0 Å². The van der Waals surface area contributed by atoms with Gasteiger partial charge in [-0.05, 0) is 30.5 Å². The number of nitrogens with one attached hydrogen (secondary N) is 1. The smallest absolute Gasteiger partial charge is 0.335 e. The van der Waals surface area contributed by atoms with E-state index in [9.17, 15) is 18.0 Å². The van der Waals surface area contributed by atoms with Crippen molar-refractivity contribution in [2.45, 2.75) is 44.2 Å². The minimum atomic E-state index is -3.50. The van der Waals surface area contributed by atoms with Crippen molar-refractivity contribution < 1.29 is 27.5 Å². The van der Waals surface area contributed by atoms with E-state index in [1.807, 2.05) is 0 Å². The van der Waals surface area contributed by atoms with Crippen LogP contribution >= 0.6 is 0 Å². The van der Waals surface area contributed by atoms with Gasteiger partial charge in [0.15, 0.2) is 12.7 Å². The van der Waals surface area contributed by atoms with Crippen molar-refractivity contribution in [2.75, 3.05) is 26.3 Å². The Kier molecular flexibility index (Phi) is 7.76. The minimum absolute atomic E-state index is 0.210. The van der Waals surface area contributed by atoms with Crippen molar-refractivity contribution in [1.82, 2.24) is 9.62 Å². The fraction of sp³-hybridized carbons (Fsp3) is 0.556. The second-order valence-corrected chi connectivity index (χ2v) is 8.06. The highest BCUT2D eigenvalue weighted by Gasteiger charge is 2.25. The summed E-state index contributed by atoms with van der Waals surface area (Å²) < 4.78 is 36.4. The second kappa shape index (κ2) is 9.82. The Morgan fingerprint density at radius 3 is 2.44 bits per heavy atom. The molecule has 0 aromatic heterocycles. The number of rotatable bonds is 9. The molecule has 27 heavy (non-hydrogen) atoms. The molecule has 1 N–H and O–H groups in total. The predicted molar refractivity (Wildman–Crippen MR) is 98.3 cm³/mol. The van der Waals surface area contributed by atoms with Gasteiger partial charge in [-0.25, -0.2) is 13.2 Å². The van der Waals surface area contributed by atoms with Gasteiger partial charge in [-0.15, -0.1) is 0 Å². The molecular weight excluding hydrogens is 372 g/mol. The van der Waals surface area contributed by atoms with Crippen LogP contribution in [0.3, 0.4) is 0 Å². The Bertz CT molecular complexity index is 738. The van der Waals surface area contributed by atoms with Crippen molar-refractivity contribution in [3.8, 4) is 0 Å². The third kappa shape index (κ3) is 5.75. The third-order valence-corrected chi connectivity index (χ3v) is 6.36. The summed E-state index contributed by atoms with van der Waals surface area (Å²) in [5.74, 6) is -0.949. The molecule has 0 unspecified atom stereocenters. The molecule has 0 spiro atoms. The summed E-state index contributed by atoms with van der Waals surface area (Å²) in [7, 11) is -3.50. The Morgan fingerprint density at radius 1 is 1.22 bits per heavy atom. The lowest BCUT2D eigenvalue weighted by Gasteiger charge is -2.18. The van der Waals surface area contributed by atoms with Gasteiger partial charge in [0.1, 0.15) is 0 Å². The first-order chi connectivity index (χ1) is 12.9. The number of hydrogen-bond donors (Lipinski definition) is 1. The zero-order chi connectivity index (χ0) is 19.9. The molecule has 0 saturated carbocycles. The van der Waals surface area contributed by atoms with Crippen LogP contribution in [0.5, 0.6) is 0 Å². The molecule has 1 aromatic rings. The Balaban J connectivity index is 1.82. The van der Waals surface area contributed by atoms with Crippen LogP contribution in [0.4, 0.5) is 0 Å². The lowest BCUT2D eigenvalue weighted by molar-refractivity contribution is -0.157. The van der Waals surface area contributed by atoms with E-state index in [-0.39, 0.29) is 18.0 Å². The fourth-order valence-corrected chi connectivity index (χ4v) is 4.19. The molecule has 1 aromatic carbocycles. The van der Waals surface area contributed by atoms with Crippen LogP contribution in [0.1, 0.15) is 32.3 Å². The van der Waals surface area contributed by atoms with Gasteiger partial charge in [0.25, 0.3) is 5.91 Å². The number of amides is 1. The number of carbonyl (C=O) groups is 2. The van der Waals surface area contributed by atoms with Crippen LogP contribution < -0.4 is 5.32 Å². The molecule has 8 nitrogen and oxygen atoms in total. The number of ether oxygens (including phenoxy) is 2. The summed E-state index contributed by atoms with van der Waals surface area (Å²) in [4.78, 5) is 23.7. The molecule has 1 atom stereocenters. The van der Waals surface area contributed by atoms with Gasteiger partial charge < -0.3 is 14.8 Å². The third-order valence-electron chi connectivity index (χ3n) is 4.29. The SMILES string of the molecule is CCN(CC)S(=O)(=O)c1ccc(CNC(=O)COC(=O)[C@@H]2CCCO2)cc1. The van der Waals surface area contributed by atoms with E-state index < -0.39 is 28.0 Å². The number of nitrogens with zero attached hydrogens (tertiary/aromatic N) is 1.